The molecule has 0 fully saturated rings. The zero-order chi connectivity index (χ0) is 18.3. The number of hydrogen-bond donors (Lipinski definition) is 1. The summed E-state index contributed by atoms with van der Waals surface area (Å²) < 4.78 is 8.67. The van der Waals surface area contributed by atoms with Crippen LogP contribution >= 0.6 is 0 Å². The zero-order valence-electron chi connectivity index (χ0n) is 14.7. The van der Waals surface area contributed by atoms with Crippen LogP contribution in [0, 0.1) is 6.92 Å². The highest BCUT2D eigenvalue weighted by Gasteiger charge is 2.20. The summed E-state index contributed by atoms with van der Waals surface area (Å²) in [5, 5.41) is 2.78. The van der Waals surface area contributed by atoms with E-state index in [1.807, 2.05) is 49.4 Å². The molecule has 0 unspecified atom stereocenters. The SMILES string of the molecule is Cc1c(NC(=O)c2ccc3c(c2)COC3)c(=O)n(-c2ccccc2)n1C. The summed E-state index contributed by atoms with van der Waals surface area (Å²) in [7, 11) is 1.80. The fourth-order valence-corrected chi connectivity index (χ4v) is 3.21. The maximum absolute atomic E-state index is 12.9. The van der Waals surface area contributed by atoms with Crippen LogP contribution in [0.2, 0.25) is 0 Å². The third-order valence-electron chi connectivity index (χ3n) is 4.78. The Balaban J connectivity index is 1.69. The van der Waals surface area contributed by atoms with E-state index in [1.54, 1.807) is 22.5 Å². The standard InChI is InChI=1S/C20H19N3O3/c1-13-18(20(25)23(22(13)2)17-6-4-3-5-7-17)21-19(24)14-8-9-15-11-26-12-16(15)10-14/h3-10H,11-12H2,1-2H3,(H,21,24). The van der Waals surface area contributed by atoms with Crippen molar-refractivity contribution in [2.75, 3.05) is 5.32 Å². The lowest BCUT2D eigenvalue weighted by molar-refractivity contribution is 0.102. The van der Waals surface area contributed by atoms with Crippen molar-refractivity contribution in [3.05, 3.63) is 81.3 Å². The van der Waals surface area contributed by atoms with Crippen LogP contribution in [0.4, 0.5) is 5.69 Å². The molecule has 4 rings (SSSR count). The van der Waals surface area contributed by atoms with Gasteiger partial charge in [-0.1, -0.05) is 24.3 Å². The van der Waals surface area contributed by atoms with E-state index in [0.717, 1.165) is 16.8 Å². The molecule has 6 nitrogen and oxygen atoms in total. The van der Waals surface area contributed by atoms with E-state index in [2.05, 4.69) is 5.32 Å². The molecule has 0 aliphatic carbocycles. The Labute approximate surface area is 150 Å². The molecule has 3 aromatic rings. The number of aromatic nitrogens is 2. The second-order valence-electron chi connectivity index (χ2n) is 6.37. The van der Waals surface area contributed by atoms with Crippen LogP contribution in [0.5, 0.6) is 0 Å². The third kappa shape index (κ3) is 2.64. The lowest BCUT2D eigenvalue weighted by Gasteiger charge is -2.07. The lowest BCUT2D eigenvalue weighted by atomic mass is 10.1. The number of rotatable bonds is 3. The van der Waals surface area contributed by atoms with E-state index in [9.17, 15) is 9.59 Å². The van der Waals surface area contributed by atoms with Crippen molar-refractivity contribution >= 4 is 11.6 Å². The molecule has 26 heavy (non-hydrogen) atoms. The van der Waals surface area contributed by atoms with Crippen molar-refractivity contribution in [1.82, 2.24) is 9.36 Å². The van der Waals surface area contributed by atoms with Gasteiger partial charge in [0, 0.05) is 12.6 Å². The minimum absolute atomic E-state index is 0.256. The largest absolute Gasteiger partial charge is 0.372 e. The average molecular weight is 349 g/mol. The number of amides is 1. The van der Waals surface area contributed by atoms with Gasteiger partial charge in [-0.05, 0) is 42.3 Å². The van der Waals surface area contributed by atoms with Crippen molar-refractivity contribution in [3.8, 4) is 5.69 Å². The average Bonchev–Trinajstić information content (AvgIpc) is 3.20. The van der Waals surface area contributed by atoms with Crippen molar-refractivity contribution < 1.29 is 9.53 Å². The first-order valence-corrected chi connectivity index (χ1v) is 8.41. The first-order chi connectivity index (χ1) is 12.6. The Morgan fingerprint density at radius 3 is 2.58 bits per heavy atom. The second kappa shape index (κ2) is 6.31. The molecular formula is C20H19N3O3. The summed E-state index contributed by atoms with van der Waals surface area (Å²) in [6.07, 6.45) is 0. The van der Waals surface area contributed by atoms with Crippen LogP contribution in [-0.4, -0.2) is 15.3 Å². The number of ether oxygens (including phenoxy) is 1. The fourth-order valence-electron chi connectivity index (χ4n) is 3.21. The van der Waals surface area contributed by atoms with Crippen LogP contribution in [0.15, 0.2) is 53.3 Å². The number of fused-ring (bicyclic) bond motifs is 1. The van der Waals surface area contributed by atoms with Crippen LogP contribution in [0.1, 0.15) is 27.2 Å². The first kappa shape index (κ1) is 16.4. The van der Waals surface area contributed by atoms with Gasteiger partial charge in [0.25, 0.3) is 11.5 Å². The number of nitrogens with zero attached hydrogens (tertiary/aromatic N) is 2. The highest BCUT2D eigenvalue weighted by atomic mass is 16.5. The number of anilines is 1. The van der Waals surface area contributed by atoms with Gasteiger partial charge in [0.2, 0.25) is 0 Å². The van der Waals surface area contributed by atoms with E-state index >= 15 is 0 Å². The van der Waals surface area contributed by atoms with Crippen LogP contribution < -0.4 is 10.9 Å². The molecule has 0 atom stereocenters. The molecule has 0 spiro atoms. The van der Waals surface area contributed by atoms with E-state index in [4.69, 9.17) is 4.74 Å². The highest BCUT2D eigenvalue weighted by molar-refractivity contribution is 6.04. The van der Waals surface area contributed by atoms with Crippen molar-refractivity contribution in [2.45, 2.75) is 20.1 Å². The Hall–Kier alpha value is -3.12. The van der Waals surface area contributed by atoms with Gasteiger partial charge < -0.3 is 10.1 Å². The summed E-state index contributed by atoms with van der Waals surface area (Å²) in [5.41, 5.74) is 4.11. The molecule has 0 bridgehead atoms. The lowest BCUT2D eigenvalue weighted by Crippen LogP contribution is -2.23. The maximum atomic E-state index is 12.9. The smallest absolute Gasteiger partial charge is 0.295 e. The van der Waals surface area contributed by atoms with E-state index in [1.165, 1.54) is 0 Å². The van der Waals surface area contributed by atoms with Crippen molar-refractivity contribution in [3.63, 3.8) is 0 Å². The number of carbonyl (C=O) groups excluding carboxylic acids is 1. The van der Waals surface area contributed by atoms with Gasteiger partial charge in [-0.2, -0.15) is 0 Å². The van der Waals surface area contributed by atoms with Crippen LogP contribution in [0.25, 0.3) is 5.69 Å². The van der Waals surface area contributed by atoms with Gasteiger partial charge in [0.15, 0.2) is 0 Å². The predicted octanol–water partition coefficient (Wildman–Crippen LogP) is 2.77. The highest BCUT2D eigenvalue weighted by Crippen LogP contribution is 2.22. The molecule has 0 radical (unpaired) electrons. The maximum Gasteiger partial charge on any atom is 0.295 e. The predicted molar refractivity (Wildman–Crippen MR) is 98.6 cm³/mol. The van der Waals surface area contributed by atoms with Crippen LogP contribution in [-0.2, 0) is 25.0 Å². The Morgan fingerprint density at radius 1 is 1.08 bits per heavy atom. The normalized spacial score (nSPS) is 12.8. The number of nitrogens with one attached hydrogen (secondary N) is 1. The molecule has 0 saturated heterocycles. The van der Waals surface area contributed by atoms with E-state index in [-0.39, 0.29) is 17.2 Å². The molecule has 1 aliphatic heterocycles. The molecule has 0 saturated carbocycles. The summed E-state index contributed by atoms with van der Waals surface area (Å²) in [6.45, 7) is 2.91. The number of para-hydroxylation sites is 1. The number of hydrogen-bond acceptors (Lipinski definition) is 3. The molecule has 2 heterocycles. The summed E-state index contributed by atoms with van der Waals surface area (Å²) in [6, 6.07) is 14.8. The molecule has 2 aromatic carbocycles. The molecule has 1 N–H and O–H groups in total. The molecule has 1 aromatic heterocycles. The van der Waals surface area contributed by atoms with E-state index < -0.39 is 0 Å². The van der Waals surface area contributed by atoms with Gasteiger partial charge in [0.05, 0.1) is 24.6 Å². The topological polar surface area (TPSA) is 65.3 Å². The van der Waals surface area contributed by atoms with Crippen LogP contribution in [0.3, 0.4) is 0 Å². The quantitative estimate of drug-likeness (QED) is 0.791. The minimum atomic E-state index is -0.300. The monoisotopic (exact) mass is 349 g/mol. The summed E-state index contributed by atoms with van der Waals surface area (Å²) in [5.74, 6) is -0.300. The Morgan fingerprint density at radius 2 is 1.81 bits per heavy atom. The zero-order valence-corrected chi connectivity index (χ0v) is 14.7. The van der Waals surface area contributed by atoms with Gasteiger partial charge >= 0.3 is 0 Å². The van der Waals surface area contributed by atoms with Gasteiger partial charge in [-0.3, -0.25) is 14.3 Å². The van der Waals surface area contributed by atoms with Gasteiger partial charge in [-0.15, -0.1) is 0 Å². The minimum Gasteiger partial charge on any atom is -0.372 e. The van der Waals surface area contributed by atoms with Crippen molar-refractivity contribution in [1.29, 1.82) is 0 Å². The first-order valence-electron chi connectivity index (χ1n) is 8.41. The number of carbonyl (C=O) groups is 1. The summed E-state index contributed by atoms with van der Waals surface area (Å²) >= 11 is 0. The Bertz CT molecular complexity index is 1050. The second-order valence-corrected chi connectivity index (χ2v) is 6.37. The Kier molecular flexibility index (Phi) is 3.97. The third-order valence-corrected chi connectivity index (χ3v) is 4.78. The molecular weight excluding hydrogens is 330 g/mol. The number of benzene rings is 2. The van der Waals surface area contributed by atoms with Gasteiger partial charge in [-0.25, -0.2) is 4.68 Å². The van der Waals surface area contributed by atoms with E-state index in [0.29, 0.717) is 24.5 Å². The summed E-state index contributed by atoms with van der Waals surface area (Å²) in [4.78, 5) is 25.5. The van der Waals surface area contributed by atoms with Crippen molar-refractivity contribution in [2.24, 2.45) is 7.05 Å². The molecule has 1 aliphatic rings. The molecule has 132 valence electrons. The fraction of sp³-hybridized carbons (Fsp3) is 0.200. The molecule has 1 amide bonds. The van der Waals surface area contributed by atoms with Gasteiger partial charge in [0.1, 0.15) is 5.69 Å². The molecule has 6 heteroatoms.